The average molecular weight is 485 g/mol. The number of rotatable bonds is 5. The van der Waals surface area contributed by atoms with Gasteiger partial charge in [0.05, 0.1) is 24.8 Å². The SMILES string of the molecule is Cc1ccc(/C(O)=C2/C(=O)C(=O)N(CCN3CCOCC3)C2c2cccc(Br)c2)cc1. The second-order valence-electron chi connectivity index (χ2n) is 7.87. The second kappa shape index (κ2) is 9.34. The van der Waals surface area contributed by atoms with Crippen LogP contribution in [0.25, 0.3) is 5.76 Å². The zero-order chi connectivity index (χ0) is 22.0. The van der Waals surface area contributed by atoms with E-state index in [0.29, 0.717) is 31.9 Å². The highest BCUT2D eigenvalue weighted by atomic mass is 79.9. The molecule has 0 aliphatic carbocycles. The molecule has 1 N–H and O–H groups in total. The van der Waals surface area contributed by atoms with E-state index in [1.165, 1.54) is 0 Å². The molecule has 1 atom stereocenters. The molecule has 6 nitrogen and oxygen atoms in total. The minimum absolute atomic E-state index is 0.133. The van der Waals surface area contributed by atoms with Crippen LogP contribution < -0.4 is 0 Å². The van der Waals surface area contributed by atoms with E-state index in [9.17, 15) is 14.7 Å². The topological polar surface area (TPSA) is 70.1 Å². The molecule has 2 saturated heterocycles. The smallest absolute Gasteiger partial charge is 0.295 e. The van der Waals surface area contributed by atoms with Crippen LogP contribution in [0, 0.1) is 6.92 Å². The summed E-state index contributed by atoms with van der Waals surface area (Å²) in [5, 5.41) is 11.1. The van der Waals surface area contributed by atoms with Gasteiger partial charge in [-0.15, -0.1) is 0 Å². The van der Waals surface area contributed by atoms with Crippen LogP contribution in [0.1, 0.15) is 22.7 Å². The Kier molecular flexibility index (Phi) is 6.55. The first-order valence-electron chi connectivity index (χ1n) is 10.4. The molecule has 2 heterocycles. The van der Waals surface area contributed by atoms with E-state index in [0.717, 1.165) is 28.7 Å². The van der Waals surface area contributed by atoms with Crippen molar-refractivity contribution in [2.45, 2.75) is 13.0 Å². The molecule has 162 valence electrons. The number of hydrogen-bond donors (Lipinski definition) is 1. The summed E-state index contributed by atoms with van der Waals surface area (Å²) in [5.74, 6) is -1.37. The maximum atomic E-state index is 13.1. The Morgan fingerprint density at radius 2 is 1.81 bits per heavy atom. The molecule has 1 amide bonds. The van der Waals surface area contributed by atoms with Gasteiger partial charge in [-0.2, -0.15) is 0 Å². The number of Topliss-reactive ketones (excluding diaryl/α,β-unsaturated/α-hetero) is 1. The van der Waals surface area contributed by atoms with Crippen LogP contribution >= 0.6 is 15.9 Å². The first-order valence-corrected chi connectivity index (χ1v) is 11.2. The third kappa shape index (κ3) is 4.59. The number of carbonyl (C=O) groups excluding carboxylic acids is 2. The van der Waals surface area contributed by atoms with Gasteiger partial charge in [-0.1, -0.05) is 57.9 Å². The Morgan fingerprint density at radius 3 is 2.48 bits per heavy atom. The summed E-state index contributed by atoms with van der Waals surface area (Å²) in [6.45, 7) is 5.93. The number of amides is 1. The number of morpholine rings is 1. The number of halogens is 1. The van der Waals surface area contributed by atoms with Gasteiger partial charge in [-0.3, -0.25) is 14.5 Å². The molecule has 0 bridgehead atoms. The van der Waals surface area contributed by atoms with Crippen LogP contribution in [0.3, 0.4) is 0 Å². The Bertz CT molecular complexity index is 1010. The van der Waals surface area contributed by atoms with Gasteiger partial charge in [-0.05, 0) is 24.6 Å². The highest BCUT2D eigenvalue weighted by Crippen LogP contribution is 2.39. The molecule has 4 rings (SSSR count). The first-order chi connectivity index (χ1) is 15.0. The lowest BCUT2D eigenvalue weighted by Gasteiger charge is -2.31. The molecule has 2 aromatic rings. The van der Waals surface area contributed by atoms with Gasteiger partial charge < -0.3 is 14.7 Å². The van der Waals surface area contributed by atoms with Gasteiger partial charge in [0, 0.05) is 36.2 Å². The van der Waals surface area contributed by atoms with E-state index >= 15 is 0 Å². The van der Waals surface area contributed by atoms with Crippen molar-refractivity contribution in [3.05, 3.63) is 75.3 Å². The second-order valence-corrected chi connectivity index (χ2v) is 8.78. The van der Waals surface area contributed by atoms with Crippen LogP contribution in [0.2, 0.25) is 0 Å². The highest BCUT2D eigenvalue weighted by molar-refractivity contribution is 9.10. The molecule has 0 spiro atoms. The summed E-state index contributed by atoms with van der Waals surface area (Å²) in [6.07, 6.45) is 0. The number of hydrogen-bond acceptors (Lipinski definition) is 5. The van der Waals surface area contributed by atoms with Gasteiger partial charge in [-0.25, -0.2) is 0 Å². The van der Waals surface area contributed by atoms with Gasteiger partial charge in [0.15, 0.2) is 0 Å². The van der Waals surface area contributed by atoms with Gasteiger partial charge in [0.1, 0.15) is 5.76 Å². The van der Waals surface area contributed by atoms with Crippen molar-refractivity contribution in [2.75, 3.05) is 39.4 Å². The Hall–Kier alpha value is -2.48. The normalized spacial score (nSPS) is 21.6. The molecular weight excluding hydrogens is 460 g/mol. The maximum Gasteiger partial charge on any atom is 0.295 e. The van der Waals surface area contributed by atoms with E-state index in [-0.39, 0.29) is 11.3 Å². The van der Waals surface area contributed by atoms with Crippen molar-refractivity contribution >= 4 is 33.4 Å². The summed E-state index contributed by atoms with van der Waals surface area (Å²) >= 11 is 3.48. The number of aliphatic hydroxyl groups is 1. The fourth-order valence-electron chi connectivity index (χ4n) is 4.07. The average Bonchev–Trinajstić information content (AvgIpc) is 3.03. The Morgan fingerprint density at radius 1 is 1.10 bits per heavy atom. The Labute approximate surface area is 190 Å². The van der Waals surface area contributed by atoms with E-state index in [2.05, 4.69) is 20.8 Å². The predicted molar refractivity (Wildman–Crippen MR) is 122 cm³/mol. The predicted octanol–water partition coefficient (Wildman–Crippen LogP) is 3.51. The highest BCUT2D eigenvalue weighted by Gasteiger charge is 2.46. The van der Waals surface area contributed by atoms with Crippen LogP contribution in [0.15, 0.2) is 58.6 Å². The van der Waals surface area contributed by atoms with Crippen LogP contribution in [0.4, 0.5) is 0 Å². The van der Waals surface area contributed by atoms with Crippen LogP contribution in [-0.4, -0.2) is 66.0 Å². The molecule has 2 aromatic carbocycles. The molecular formula is C24H25BrN2O4. The fraction of sp³-hybridized carbons (Fsp3) is 0.333. The third-order valence-electron chi connectivity index (χ3n) is 5.79. The molecule has 0 radical (unpaired) electrons. The van der Waals surface area contributed by atoms with Crippen LogP contribution in [0.5, 0.6) is 0 Å². The van der Waals surface area contributed by atoms with Crippen molar-refractivity contribution in [1.82, 2.24) is 9.80 Å². The lowest BCUT2D eigenvalue weighted by molar-refractivity contribution is -0.140. The minimum atomic E-state index is -0.648. The van der Waals surface area contributed by atoms with E-state index in [1.807, 2.05) is 43.3 Å². The zero-order valence-corrected chi connectivity index (χ0v) is 19.0. The third-order valence-corrected chi connectivity index (χ3v) is 6.28. The summed E-state index contributed by atoms with van der Waals surface area (Å²) in [7, 11) is 0. The van der Waals surface area contributed by atoms with Crippen molar-refractivity contribution < 1.29 is 19.4 Å². The minimum Gasteiger partial charge on any atom is -0.507 e. The fourth-order valence-corrected chi connectivity index (χ4v) is 4.49. The quantitative estimate of drug-likeness (QED) is 0.399. The lowest BCUT2D eigenvalue weighted by Crippen LogP contribution is -2.42. The van der Waals surface area contributed by atoms with Gasteiger partial charge in [0.25, 0.3) is 11.7 Å². The largest absolute Gasteiger partial charge is 0.507 e. The van der Waals surface area contributed by atoms with E-state index < -0.39 is 17.7 Å². The van der Waals surface area contributed by atoms with Crippen molar-refractivity contribution in [3.8, 4) is 0 Å². The molecule has 31 heavy (non-hydrogen) atoms. The number of aryl methyl sites for hydroxylation is 1. The van der Waals surface area contributed by atoms with Crippen molar-refractivity contribution in [3.63, 3.8) is 0 Å². The van der Waals surface area contributed by atoms with Crippen molar-refractivity contribution in [2.24, 2.45) is 0 Å². The molecule has 2 aliphatic heterocycles. The van der Waals surface area contributed by atoms with E-state index in [1.54, 1.807) is 17.0 Å². The number of nitrogens with zero attached hydrogens (tertiary/aromatic N) is 2. The summed E-state index contributed by atoms with van der Waals surface area (Å²) in [6, 6.07) is 14.2. The zero-order valence-electron chi connectivity index (χ0n) is 17.4. The van der Waals surface area contributed by atoms with E-state index in [4.69, 9.17) is 4.74 Å². The van der Waals surface area contributed by atoms with Gasteiger partial charge in [0.2, 0.25) is 0 Å². The summed E-state index contributed by atoms with van der Waals surface area (Å²) in [5.41, 5.74) is 2.49. The number of likely N-dealkylation sites (tertiary alicyclic amines) is 1. The standard InChI is InChI=1S/C24H25BrN2O4/c1-16-5-7-17(8-6-16)22(28)20-21(18-3-2-4-19(25)15-18)27(24(30)23(20)29)10-9-26-11-13-31-14-12-26/h2-8,15,21,28H,9-14H2,1H3/b22-20-. The number of aliphatic hydroxyl groups excluding tert-OH is 1. The Balaban J connectivity index is 1.73. The molecule has 0 saturated carbocycles. The number of benzene rings is 2. The number of ketones is 1. The monoisotopic (exact) mass is 484 g/mol. The summed E-state index contributed by atoms with van der Waals surface area (Å²) in [4.78, 5) is 29.9. The molecule has 7 heteroatoms. The molecule has 0 aromatic heterocycles. The van der Waals surface area contributed by atoms with Gasteiger partial charge >= 0.3 is 0 Å². The lowest BCUT2D eigenvalue weighted by atomic mass is 9.95. The first kappa shape index (κ1) is 21.7. The molecule has 1 unspecified atom stereocenters. The summed E-state index contributed by atoms with van der Waals surface area (Å²) < 4.78 is 6.24. The molecule has 2 aliphatic rings. The number of carbonyl (C=O) groups is 2. The van der Waals surface area contributed by atoms with Crippen LogP contribution in [-0.2, 0) is 14.3 Å². The number of ether oxygens (including phenoxy) is 1. The maximum absolute atomic E-state index is 13.1. The van der Waals surface area contributed by atoms with Crippen molar-refractivity contribution in [1.29, 1.82) is 0 Å². The molecule has 2 fully saturated rings.